The molecule has 8 heteroatoms. The SMILES string of the molecule is C=CC[C@]1(C(=O)NNCc2cccc3ccccc23)N=C(c2ccc(OCCCO)cc2)O[C@H]1c1cccc(OC)c1. The molecule has 4 aromatic rings. The van der Waals surface area contributed by atoms with Crippen molar-refractivity contribution in [1.82, 2.24) is 10.9 Å². The topological polar surface area (TPSA) is 101 Å². The summed E-state index contributed by atoms with van der Waals surface area (Å²) < 4.78 is 17.6. The van der Waals surface area contributed by atoms with E-state index >= 15 is 0 Å². The Morgan fingerprint density at radius 2 is 1.83 bits per heavy atom. The minimum atomic E-state index is -1.33. The fraction of sp³-hybridized carbons (Fsp3) is 0.235. The van der Waals surface area contributed by atoms with Crippen LogP contribution in [0.5, 0.6) is 11.5 Å². The van der Waals surface area contributed by atoms with Crippen LogP contribution in [0.2, 0.25) is 0 Å². The van der Waals surface area contributed by atoms with Crippen LogP contribution in [0.1, 0.15) is 35.6 Å². The number of hydrazine groups is 1. The maximum atomic E-state index is 14.0. The largest absolute Gasteiger partial charge is 0.497 e. The van der Waals surface area contributed by atoms with Crippen molar-refractivity contribution in [3.8, 4) is 11.5 Å². The zero-order valence-electron chi connectivity index (χ0n) is 23.6. The molecule has 2 atom stereocenters. The molecule has 3 N–H and O–H groups in total. The van der Waals surface area contributed by atoms with Crippen molar-refractivity contribution in [2.75, 3.05) is 20.3 Å². The second kappa shape index (κ2) is 13.3. The Hall–Kier alpha value is -4.66. The van der Waals surface area contributed by atoms with E-state index in [2.05, 4.69) is 35.6 Å². The van der Waals surface area contributed by atoms with Crippen molar-refractivity contribution >= 4 is 22.6 Å². The van der Waals surface area contributed by atoms with Crippen LogP contribution in [0.25, 0.3) is 10.8 Å². The standard InChI is InChI=1S/C34H35N3O5/c1-3-19-34(33(39)37-35-23-27-12-6-10-24-9-4-5-14-30(24)27)31(26-11-7-13-29(22-26)40-2)42-32(36-34)25-15-17-28(18-16-25)41-21-8-20-38/h3-7,9-18,22,31,35,38H,1,8,19-21,23H2,2H3,(H,37,39)/t31-,34-/m0/s1. The molecule has 1 amide bonds. The molecular weight excluding hydrogens is 530 g/mol. The van der Waals surface area contributed by atoms with Gasteiger partial charge in [0, 0.05) is 31.6 Å². The number of carbonyl (C=O) groups excluding carboxylic acids is 1. The van der Waals surface area contributed by atoms with E-state index in [0.717, 1.165) is 21.9 Å². The maximum absolute atomic E-state index is 14.0. The van der Waals surface area contributed by atoms with Crippen molar-refractivity contribution in [1.29, 1.82) is 0 Å². The zero-order chi connectivity index (χ0) is 29.4. The number of nitrogens with one attached hydrogen (secondary N) is 2. The highest BCUT2D eigenvalue weighted by Gasteiger charge is 2.52. The van der Waals surface area contributed by atoms with Crippen LogP contribution in [0.15, 0.2) is 109 Å². The number of nitrogens with zero attached hydrogens (tertiary/aromatic N) is 1. The minimum Gasteiger partial charge on any atom is -0.497 e. The molecule has 0 spiro atoms. The van der Waals surface area contributed by atoms with Crippen LogP contribution in [0.4, 0.5) is 0 Å². The van der Waals surface area contributed by atoms with E-state index in [4.69, 9.17) is 24.3 Å². The Labute approximate surface area is 245 Å². The van der Waals surface area contributed by atoms with Gasteiger partial charge in [0.05, 0.1) is 13.7 Å². The smallest absolute Gasteiger partial charge is 0.266 e. The summed E-state index contributed by atoms with van der Waals surface area (Å²) in [5.41, 5.74) is 7.22. The quantitative estimate of drug-likeness (QED) is 0.116. The van der Waals surface area contributed by atoms with Crippen molar-refractivity contribution in [2.45, 2.75) is 31.0 Å². The predicted octanol–water partition coefficient (Wildman–Crippen LogP) is 5.26. The molecular formula is C34H35N3O5. The molecule has 42 heavy (non-hydrogen) atoms. The zero-order valence-corrected chi connectivity index (χ0v) is 23.6. The number of aliphatic hydroxyl groups excluding tert-OH is 1. The molecule has 0 saturated carbocycles. The van der Waals surface area contributed by atoms with Crippen LogP contribution >= 0.6 is 0 Å². The van der Waals surface area contributed by atoms with E-state index in [-0.39, 0.29) is 18.9 Å². The van der Waals surface area contributed by atoms with E-state index in [1.165, 1.54) is 0 Å². The molecule has 0 unspecified atom stereocenters. The van der Waals surface area contributed by atoms with Crippen LogP contribution in [0.3, 0.4) is 0 Å². The van der Waals surface area contributed by atoms with Gasteiger partial charge in [-0.05, 0) is 58.3 Å². The highest BCUT2D eigenvalue weighted by Crippen LogP contribution is 2.43. The minimum absolute atomic E-state index is 0.0681. The first-order valence-corrected chi connectivity index (χ1v) is 13.9. The first-order valence-electron chi connectivity index (χ1n) is 13.9. The molecule has 1 heterocycles. The summed E-state index contributed by atoms with van der Waals surface area (Å²) in [5.74, 6) is 1.32. The molecule has 0 aliphatic carbocycles. The summed E-state index contributed by atoms with van der Waals surface area (Å²) in [5, 5.41) is 11.3. The highest BCUT2D eigenvalue weighted by molar-refractivity contribution is 6.01. The van der Waals surface area contributed by atoms with E-state index in [0.29, 0.717) is 42.5 Å². The predicted molar refractivity (Wildman–Crippen MR) is 163 cm³/mol. The second-order valence-corrected chi connectivity index (χ2v) is 10.0. The molecule has 4 aromatic carbocycles. The van der Waals surface area contributed by atoms with Gasteiger partial charge in [-0.15, -0.1) is 6.58 Å². The molecule has 8 nitrogen and oxygen atoms in total. The Morgan fingerprint density at radius 1 is 1.05 bits per heavy atom. The van der Waals surface area contributed by atoms with Gasteiger partial charge in [-0.2, -0.15) is 0 Å². The average molecular weight is 566 g/mol. The molecule has 1 aliphatic heterocycles. The highest BCUT2D eigenvalue weighted by atomic mass is 16.5. The summed E-state index contributed by atoms with van der Waals surface area (Å²) in [7, 11) is 1.60. The summed E-state index contributed by atoms with van der Waals surface area (Å²) in [6.07, 6.45) is 1.74. The number of hydrogen-bond acceptors (Lipinski definition) is 7. The van der Waals surface area contributed by atoms with E-state index in [1.54, 1.807) is 13.2 Å². The Balaban J connectivity index is 1.43. The maximum Gasteiger partial charge on any atom is 0.266 e. The van der Waals surface area contributed by atoms with E-state index in [1.807, 2.05) is 72.8 Å². The number of benzene rings is 4. The third-order valence-electron chi connectivity index (χ3n) is 7.24. The average Bonchev–Trinajstić information content (AvgIpc) is 3.42. The molecule has 5 rings (SSSR count). The lowest BCUT2D eigenvalue weighted by Crippen LogP contribution is -2.52. The van der Waals surface area contributed by atoms with Crippen molar-refractivity contribution in [2.24, 2.45) is 4.99 Å². The van der Waals surface area contributed by atoms with Gasteiger partial charge in [-0.25, -0.2) is 10.4 Å². The van der Waals surface area contributed by atoms with Gasteiger partial charge in [-0.3, -0.25) is 10.2 Å². The molecule has 0 bridgehead atoms. The van der Waals surface area contributed by atoms with Gasteiger partial charge in [0.15, 0.2) is 11.6 Å². The second-order valence-electron chi connectivity index (χ2n) is 10.0. The monoisotopic (exact) mass is 565 g/mol. The van der Waals surface area contributed by atoms with Crippen LogP contribution < -0.4 is 20.3 Å². The van der Waals surface area contributed by atoms with Gasteiger partial charge in [0.25, 0.3) is 5.91 Å². The van der Waals surface area contributed by atoms with Crippen LogP contribution in [-0.4, -0.2) is 42.8 Å². The Kier molecular flexibility index (Phi) is 9.16. The molecule has 1 aliphatic rings. The van der Waals surface area contributed by atoms with Gasteiger partial charge in [0.1, 0.15) is 11.5 Å². The fourth-order valence-electron chi connectivity index (χ4n) is 5.11. The molecule has 0 fully saturated rings. The lowest BCUT2D eigenvalue weighted by atomic mass is 9.84. The van der Waals surface area contributed by atoms with Gasteiger partial charge >= 0.3 is 0 Å². The van der Waals surface area contributed by atoms with Crippen molar-refractivity contribution in [3.63, 3.8) is 0 Å². The van der Waals surface area contributed by atoms with E-state index in [9.17, 15) is 4.79 Å². The molecule has 0 radical (unpaired) electrons. The van der Waals surface area contributed by atoms with Gasteiger partial charge < -0.3 is 19.3 Å². The van der Waals surface area contributed by atoms with Crippen LogP contribution in [-0.2, 0) is 16.1 Å². The summed E-state index contributed by atoms with van der Waals surface area (Å²) >= 11 is 0. The molecule has 0 aromatic heterocycles. The summed E-state index contributed by atoms with van der Waals surface area (Å²) in [6, 6.07) is 29.0. The van der Waals surface area contributed by atoms with Gasteiger partial charge in [-0.1, -0.05) is 60.7 Å². The fourth-order valence-corrected chi connectivity index (χ4v) is 5.11. The van der Waals surface area contributed by atoms with E-state index < -0.39 is 11.6 Å². The number of aliphatic imine (C=N–C) groups is 1. The first kappa shape index (κ1) is 28.9. The normalized spacial score (nSPS) is 17.8. The van der Waals surface area contributed by atoms with Crippen molar-refractivity contribution in [3.05, 3.63) is 120 Å². The molecule has 216 valence electrons. The number of methoxy groups -OCH3 is 1. The lowest BCUT2D eigenvalue weighted by molar-refractivity contribution is -0.129. The number of aliphatic hydroxyl groups is 1. The number of rotatable bonds is 13. The summed E-state index contributed by atoms with van der Waals surface area (Å²) in [4.78, 5) is 19.0. The number of hydrogen-bond donors (Lipinski definition) is 3. The Bertz CT molecular complexity index is 1560. The Morgan fingerprint density at radius 3 is 2.62 bits per heavy atom. The first-order chi connectivity index (χ1) is 20.6. The number of fused-ring (bicyclic) bond motifs is 1. The number of ether oxygens (including phenoxy) is 3. The molecule has 0 saturated heterocycles. The number of carbonyl (C=O) groups is 1. The number of amides is 1. The van der Waals surface area contributed by atoms with Crippen LogP contribution in [0, 0.1) is 0 Å². The lowest BCUT2D eigenvalue weighted by Gasteiger charge is -2.30. The van der Waals surface area contributed by atoms with Gasteiger partial charge in [0.2, 0.25) is 5.90 Å². The third-order valence-corrected chi connectivity index (χ3v) is 7.24. The van der Waals surface area contributed by atoms with Crippen molar-refractivity contribution < 1.29 is 24.1 Å². The third kappa shape index (κ3) is 6.15. The summed E-state index contributed by atoms with van der Waals surface area (Å²) in [6.45, 7) is 4.85.